The lowest BCUT2D eigenvalue weighted by molar-refractivity contribution is -0.116. The zero-order chi connectivity index (χ0) is 20.1. The summed E-state index contributed by atoms with van der Waals surface area (Å²) in [5.41, 5.74) is 1.60. The van der Waals surface area contributed by atoms with E-state index in [1.54, 1.807) is 0 Å². The molecule has 1 aromatic carbocycles. The number of amides is 1. The molecule has 27 heavy (non-hydrogen) atoms. The Morgan fingerprint density at radius 1 is 1.22 bits per heavy atom. The van der Waals surface area contributed by atoms with Crippen molar-refractivity contribution < 1.29 is 17.9 Å². The summed E-state index contributed by atoms with van der Waals surface area (Å²) in [4.78, 5) is 14.7. The van der Waals surface area contributed by atoms with E-state index < -0.39 is 10.0 Å². The molecule has 152 valence electrons. The SMILES string of the molecule is CC(C)(C)c1ccccc1NC(=O)CN(CCN1CCOCC1)S(C)(=O)=O. The maximum Gasteiger partial charge on any atom is 0.239 e. The van der Waals surface area contributed by atoms with Gasteiger partial charge in [-0.05, 0) is 17.0 Å². The fourth-order valence-corrected chi connectivity index (χ4v) is 3.80. The fourth-order valence-electron chi connectivity index (χ4n) is 3.04. The van der Waals surface area contributed by atoms with Gasteiger partial charge in [-0.2, -0.15) is 4.31 Å². The third kappa shape index (κ3) is 6.88. The number of para-hydroxylation sites is 1. The van der Waals surface area contributed by atoms with E-state index >= 15 is 0 Å². The number of carbonyl (C=O) groups excluding carboxylic acids is 1. The van der Waals surface area contributed by atoms with Crippen LogP contribution < -0.4 is 5.32 Å². The minimum absolute atomic E-state index is 0.128. The van der Waals surface area contributed by atoms with Gasteiger partial charge in [0.2, 0.25) is 15.9 Å². The average Bonchev–Trinajstić information content (AvgIpc) is 2.58. The minimum atomic E-state index is -3.48. The van der Waals surface area contributed by atoms with Gasteiger partial charge in [0.15, 0.2) is 0 Å². The number of hydrogen-bond acceptors (Lipinski definition) is 5. The molecular formula is C19H31N3O4S. The Morgan fingerprint density at radius 2 is 1.85 bits per heavy atom. The third-order valence-electron chi connectivity index (χ3n) is 4.57. The molecule has 1 aromatic rings. The van der Waals surface area contributed by atoms with E-state index in [0.717, 1.165) is 30.6 Å². The van der Waals surface area contributed by atoms with Crippen LogP contribution in [0.25, 0.3) is 0 Å². The Balaban J connectivity index is 2.02. The molecule has 0 saturated carbocycles. The largest absolute Gasteiger partial charge is 0.379 e. The monoisotopic (exact) mass is 397 g/mol. The number of rotatable bonds is 7. The number of nitrogens with one attached hydrogen (secondary N) is 1. The number of nitrogens with zero attached hydrogens (tertiary/aromatic N) is 2. The first-order valence-corrected chi connectivity index (χ1v) is 11.1. The van der Waals surface area contributed by atoms with Gasteiger partial charge in [0.05, 0.1) is 26.0 Å². The summed E-state index contributed by atoms with van der Waals surface area (Å²) in [5.74, 6) is -0.334. The fraction of sp³-hybridized carbons (Fsp3) is 0.632. The Hall–Kier alpha value is -1.48. The van der Waals surface area contributed by atoms with Crippen molar-refractivity contribution in [1.82, 2.24) is 9.21 Å². The highest BCUT2D eigenvalue weighted by molar-refractivity contribution is 7.88. The highest BCUT2D eigenvalue weighted by Crippen LogP contribution is 2.29. The van der Waals surface area contributed by atoms with Crippen molar-refractivity contribution in [3.05, 3.63) is 29.8 Å². The van der Waals surface area contributed by atoms with Crippen LogP contribution >= 0.6 is 0 Å². The summed E-state index contributed by atoms with van der Waals surface area (Å²) in [5, 5.41) is 2.88. The summed E-state index contributed by atoms with van der Waals surface area (Å²) in [6.07, 6.45) is 1.14. The second-order valence-electron chi connectivity index (χ2n) is 7.89. The Kier molecular flexibility index (Phi) is 7.39. The van der Waals surface area contributed by atoms with Crippen molar-refractivity contribution >= 4 is 21.6 Å². The van der Waals surface area contributed by atoms with Gasteiger partial charge in [0, 0.05) is 31.9 Å². The van der Waals surface area contributed by atoms with E-state index in [1.807, 2.05) is 24.3 Å². The zero-order valence-electron chi connectivity index (χ0n) is 16.7. The normalized spacial score (nSPS) is 16.5. The van der Waals surface area contributed by atoms with E-state index in [2.05, 4.69) is 31.0 Å². The summed E-state index contributed by atoms with van der Waals surface area (Å²) >= 11 is 0. The lowest BCUT2D eigenvalue weighted by Gasteiger charge is -2.29. The lowest BCUT2D eigenvalue weighted by atomic mass is 9.86. The Bertz CT molecular complexity index is 738. The molecule has 1 aliphatic rings. The first kappa shape index (κ1) is 21.8. The van der Waals surface area contributed by atoms with Crippen LogP contribution in [0.2, 0.25) is 0 Å². The summed E-state index contributed by atoms with van der Waals surface area (Å²) < 4.78 is 30.8. The van der Waals surface area contributed by atoms with Crippen LogP contribution in [-0.4, -0.2) is 75.7 Å². The Morgan fingerprint density at radius 3 is 2.44 bits per heavy atom. The highest BCUT2D eigenvalue weighted by atomic mass is 32.2. The van der Waals surface area contributed by atoms with Crippen LogP contribution in [0.3, 0.4) is 0 Å². The van der Waals surface area contributed by atoms with Gasteiger partial charge in [-0.15, -0.1) is 0 Å². The lowest BCUT2D eigenvalue weighted by Crippen LogP contribution is -2.45. The van der Waals surface area contributed by atoms with Gasteiger partial charge >= 0.3 is 0 Å². The number of hydrogen-bond donors (Lipinski definition) is 1. The highest BCUT2D eigenvalue weighted by Gasteiger charge is 2.23. The van der Waals surface area contributed by atoms with E-state index in [4.69, 9.17) is 4.74 Å². The molecule has 8 heteroatoms. The molecule has 2 rings (SSSR count). The Labute approximate surface area is 162 Å². The number of sulfonamides is 1. The average molecular weight is 398 g/mol. The van der Waals surface area contributed by atoms with Gasteiger partial charge < -0.3 is 10.1 Å². The van der Waals surface area contributed by atoms with E-state index in [9.17, 15) is 13.2 Å². The van der Waals surface area contributed by atoms with Crippen LogP contribution in [0.1, 0.15) is 26.3 Å². The predicted octanol–water partition coefficient (Wildman–Crippen LogP) is 1.52. The molecule has 1 heterocycles. The second-order valence-corrected chi connectivity index (χ2v) is 9.88. The molecule has 0 spiro atoms. The standard InChI is InChI=1S/C19H31N3O4S/c1-19(2,3)16-7-5-6-8-17(16)20-18(23)15-22(27(4,24)25)10-9-21-11-13-26-14-12-21/h5-8H,9-15H2,1-4H3,(H,20,23). The first-order valence-electron chi connectivity index (χ1n) is 9.22. The molecule has 1 fully saturated rings. The third-order valence-corrected chi connectivity index (χ3v) is 5.82. The first-order chi connectivity index (χ1) is 12.6. The van der Waals surface area contributed by atoms with Crippen molar-refractivity contribution in [3.8, 4) is 0 Å². The van der Waals surface area contributed by atoms with Gasteiger partial charge in [-0.3, -0.25) is 9.69 Å². The molecule has 1 aliphatic heterocycles. The summed E-state index contributed by atoms with van der Waals surface area (Å²) in [7, 11) is -3.48. The topological polar surface area (TPSA) is 79.0 Å². The van der Waals surface area contributed by atoms with E-state index in [-0.39, 0.29) is 24.4 Å². The number of benzene rings is 1. The minimum Gasteiger partial charge on any atom is -0.379 e. The summed E-state index contributed by atoms with van der Waals surface area (Å²) in [6, 6.07) is 7.61. The summed E-state index contributed by atoms with van der Waals surface area (Å²) in [6.45, 7) is 9.77. The second kappa shape index (κ2) is 9.14. The molecule has 0 radical (unpaired) electrons. The maximum atomic E-state index is 12.5. The number of anilines is 1. The molecule has 0 bridgehead atoms. The maximum absolute atomic E-state index is 12.5. The van der Waals surface area contributed by atoms with Gasteiger partial charge in [-0.25, -0.2) is 8.42 Å². The molecule has 7 nitrogen and oxygen atoms in total. The zero-order valence-corrected chi connectivity index (χ0v) is 17.5. The molecular weight excluding hydrogens is 366 g/mol. The molecule has 0 atom stereocenters. The number of carbonyl (C=O) groups is 1. The molecule has 0 aliphatic carbocycles. The van der Waals surface area contributed by atoms with Gasteiger partial charge in [0.25, 0.3) is 0 Å². The van der Waals surface area contributed by atoms with Crippen LogP contribution in [0.15, 0.2) is 24.3 Å². The van der Waals surface area contributed by atoms with Crippen molar-refractivity contribution in [1.29, 1.82) is 0 Å². The molecule has 1 saturated heterocycles. The molecule has 1 amide bonds. The smallest absolute Gasteiger partial charge is 0.239 e. The molecule has 0 unspecified atom stereocenters. The van der Waals surface area contributed by atoms with Crippen LogP contribution in [0.4, 0.5) is 5.69 Å². The van der Waals surface area contributed by atoms with E-state index in [0.29, 0.717) is 19.8 Å². The van der Waals surface area contributed by atoms with Crippen molar-refractivity contribution in [2.45, 2.75) is 26.2 Å². The van der Waals surface area contributed by atoms with Crippen molar-refractivity contribution in [2.24, 2.45) is 0 Å². The van der Waals surface area contributed by atoms with Gasteiger partial charge in [-0.1, -0.05) is 39.0 Å². The van der Waals surface area contributed by atoms with Crippen LogP contribution in [0, 0.1) is 0 Å². The van der Waals surface area contributed by atoms with Gasteiger partial charge in [0.1, 0.15) is 0 Å². The molecule has 1 N–H and O–H groups in total. The van der Waals surface area contributed by atoms with Crippen molar-refractivity contribution in [3.63, 3.8) is 0 Å². The number of morpholine rings is 1. The van der Waals surface area contributed by atoms with E-state index in [1.165, 1.54) is 4.31 Å². The predicted molar refractivity (Wildman–Crippen MR) is 107 cm³/mol. The number of ether oxygens (including phenoxy) is 1. The van der Waals surface area contributed by atoms with Crippen molar-refractivity contribution in [2.75, 3.05) is 57.5 Å². The quantitative estimate of drug-likeness (QED) is 0.755. The van der Waals surface area contributed by atoms with Crippen LogP contribution in [0.5, 0.6) is 0 Å². The van der Waals surface area contributed by atoms with Crippen LogP contribution in [-0.2, 0) is 25.0 Å². The molecule has 0 aromatic heterocycles.